The molecule has 0 aliphatic carbocycles. The average Bonchev–Trinajstić information content (AvgIpc) is 2.50. The third-order valence-corrected chi connectivity index (χ3v) is 4.30. The van der Waals surface area contributed by atoms with Crippen molar-refractivity contribution in [2.45, 2.75) is 12.5 Å². The van der Waals surface area contributed by atoms with E-state index in [1.54, 1.807) is 24.5 Å². The zero-order chi connectivity index (χ0) is 15.2. The molecule has 0 aliphatic rings. The molecule has 1 unspecified atom stereocenters. The standard InChI is InChI=1S/C16H19BrFN3/c1-21(9-6-12-4-7-20-8-5-12)16(11-19)14-10-13(18)2-3-15(14)17/h2-5,7-8,10,16H,6,9,11,19H2,1H3. The molecule has 2 N–H and O–H groups in total. The number of likely N-dealkylation sites (N-methyl/N-ethyl adjacent to an activating group) is 1. The minimum atomic E-state index is -0.241. The molecule has 0 saturated heterocycles. The maximum absolute atomic E-state index is 13.5. The van der Waals surface area contributed by atoms with E-state index >= 15 is 0 Å². The molecule has 3 nitrogen and oxygen atoms in total. The Bertz CT molecular complexity index is 577. The number of pyridine rings is 1. The molecule has 0 spiro atoms. The van der Waals surface area contributed by atoms with Gasteiger partial charge in [-0.1, -0.05) is 15.9 Å². The molecular formula is C16H19BrFN3. The molecule has 0 fully saturated rings. The Hall–Kier alpha value is -1.30. The average molecular weight is 352 g/mol. The molecule has 2 aromatic rings. The van der Waals surface area contributed by atoms with Crippen molar-refractivity contribution in [2.75, 3.05) is 20.1 Å². The van der Waals surface area contributed by atoms with Crippen molar-refractivity contribution < 1.29 is 4.39 Å². The first-order valence-corrected chi connectivity index (χ1v) is 7.65. The number of nitrogens with two attached hydrogens (primary N) is 1. The molecule has 1 atom stereocenters. The second kappa shape index (κ2) is 7.64. The van der Waals surface area contributed by atoms with Gasteiger partial charge in [0.15, 0.2) is 0 Å². The molecule has 5 heteroatoms. The molecule has 2 rings (SSSR count). The molecular weight excluding hydrogens is 333 g/mol. The fourth-order valence-electron chi connectivity index (χ4n) is 2.33. The molecule has 0 saturated carbocycles. The SMILES string of the molecule is CN(CCc1ccncc1)C(CN)c1cc(F)ccc1Br. The highest BCUT2D eigenvalue weighted by Crippen LogP contribution is 2.27. The predicted octanol–water partition coefficient (Wildman–Crippen LogP) is 3.16. The Morgan fingerprint density at radius 3 is 2.67 bits per heavy atom. The van der Waals surface area contributed by atoms with Crippen LogP contribution in [0.3, 0.4) is 0 Å². The van der Waals surface area contributed by atoms with Gasteiger partial charge in [-0.25, -0.2) is 4.39 Å². The molecule has 0 amide bonds. The van der Waals surface area contributed by atoms with E-state index in [4.69, 9.17) is 5.73 Å². The first-order valence-electron chi connectivity index (χ1n) is 6.86. The van der Waals surface area contributed by atoms with Crippen LogP contribution >= 0.6 is 15.9 Å². The third kappa shape index (κ3) is 4.33. The highest BCUT2D eigenvalue weighted by Gasteiger charge is 2.18. The van der Waals surface area contributed by atoms with Crippen molar-refractivity contribution in [2.24, 2.45) is 5.73 Å². The van der Waals surface area contributed by atoms with Gasteiger partial charge in [0.25, 0.3) is 0 Å². The van der Waals surface area contributed by atoms with Crippen molar-refractivity contribution in [1.82, 2.24) is 9.88 Å². The molecule has 0 aliphatic heterocycles. The molecule has 21 heavy (non-hydrogen) atoms. The van der Waals surface area contributed by atoms with E-state index in [0.717, 1.165) is 23.0 Å². The number of hydrogen-bond acceptors (Lipinski definition) is 3. The first-order chi connectivity index (χ1) is 10.1. The van der Waals surface area contributed by atoms with Gasteiger partial charge in [0.2, 0.25) is 0 Å². The summed E-state index contributed by atoms with van der Waals surface area (Å²) in [4.78, 5) is 6.16. The Labute approximate surface area is 133 Å². The van der Waals surface area contributed by atoms with Crippen molar-refractivity contribution in [3.8, 4) is 0 Å². The molecule has 1 aromatic heterocycles. The van der Waals surface area contributed by atoms with E-state index < -0.39 is 0 Å². The number of rotatable bonds is 6. The molecule has 0 radical (unpaired) electrons. The van der Waals surface area contributed by atoms with Crippen molar-refractivity contribution in [3.63, 3.8) is 0 Å². The number of halogens is 2. The van der Waals surface area contributed by atoms with Gasteiger partial charge < -0.3 is 5.73 Å². The van der Waals surface area contributed by atoms with Gasteiger partial charge >= 0.3 is 0 Å². The zero-order valence-electron chi connectivity index (χ0n) is 12.0. The van der Waals surface area contributed by atoms with Gasteiger partial charge in [-0.05, 0) is 54.9 Å². The normalized spacial score (nSPS) is 12.6. The van der Waals surface area contributed by atoms with E-state index in [9.17, 15) is 4.39 Å². The smallest absolute Gasteiger partial charge is 0.123 e. The largest absolute Gasteiger partial charge is 0.329 e. The van der Waals surface area contributed by atoms with Crippen molar-refractivity contribution >= 4 is 15.9 Å². The zero-order valence-corrected chi connectivity index (χ0v) is 13.6. The van der Waals surface area contributed by atoms with Crippen LogP contribution in [0.2, 0.25) is 0 Å². The Balaban J connectivity index is 2.08. The number of nitrogens with zero attached hydrogens (tertiary/aromatic N) is 2. The highest BCUT2D eigenvalue weighted by molar-refractivity contribution is 9.10. The molecule has 112 valence electrons. The van der Waals surface area contributed by atoms with Crippen LogP contribution in [0.4, 0.5) is 4.39 Å². The van der Waals surface area contributed by atoms with Gasteiger partial charge in [0, 0.05) is 36.0 Å². The number of aromatic nitrogens is 1. The summed E-state index contributed by atoms with van der Waals surface area (Å²) in [5, 5.41) is 0. The second-order valence-electron chi connectivity index (χ2n) is 5.00. The second-order valence-corrected chi connectivity index (χ2v) is 5.86. The highest BCUT2D eigenvalue weighted by atomic mass is 79.9. The summed E-state index contributed by atoms with van der Waals surface area (Å²) in [5.74, 6) is -0.241. The van der Waals surface area contributed by atoms with Crippen LogP contribution in [-0.2, 0) is 6.42 Å². The van der Waals surface area contributed by atoms with E-state index in [1.807, 2.05) is 19.2 Å². The maximum Gasteiger partial charge on any atom is 0.123 e. The lowest BCUT2D eigenvalue weighted by atomic mass is 10.0. The molecule has 1 aromatic carbocycles. The Kier molecular flexibility index (Phi) is 5.85. The Morgan fingerprint density at radius 2 is 2.00 bits per heavy atom. The van der Waals surface area contributed by atoms with Gasteiger partial charge in [-0.15, -0.1) is 0 Å². The summed E-state index contributed by atoms with van der Waals surface area (Å²) in [6.07, 6.45) is 4.49. The third-order valence-electron chi connectivity index (χ3n) is 3.57. The summed E-state index contributed by atoms with van der Waals surface area (Å²) in [6.45, 7) is 1.28. The summed E-state index contributed by atoms with van der Waals surface area (Å²) in [7, 11) is 2.01. The fraction of sp³-hybridized carbons (Fsp3) is 0.312. The number of benzene rings is 1. The van der Waals surface area contributed by atoms with E-state index in [1.165, 1.54) is 11.6 Å². The summed E-state index contributed by atoms with van der Waals surface area (Å²) in [6, 6.07) is 8.70. The van der Waals surface area contributed by atoms with Crippen LogP contribution < -0.4 is 5.73 Å². The van der Waals surface area contributed by atoms with Gasteiger partial charge in [0.1, 0.15) is 5.82 Å². The fourth-order valence-corrected chi connectivity index (χ4v) is 2.84. The van der Waals surface area contributed by atoms with E-state index in [-0.39, 0.29) is 11.9 Å². The van der Waals surface area contributed by atoms with Crippen LogP contribution in [0.5, 0.6) is 0 Å². The summed E-state index contributed by atoms with van der Waals surface area (Å²) in [5.41, 5.74) is 8.01. The summed E-state index contributed by atoms with van der Waals surface area (Å²) >= 11 is 3.48. The van der Waals surface area contributed by atoms with E-state index in [0.29, 0.717) is 6.54 Å². The van der Waals surface area contributed by atoms with Crippen LogP contribution in [0.1, 0.15) is 17.2 Å². The van der Waals surface area contributed by atoms with Gasteiger partial charge in [-0.2, -0.15) is 0 Å². The van der Waals surface area contributed by atoms with Crippen LogP contribution in [0.25, 0.3) is 0 Å². The minimum Gasteiger partial charge on any atom is -0.329 e. The number of hydrogen-bond donors (Lipinski definition) is 1. The van der Waals surface area contributed by atoms with E-state index in [2.05, 4.69) is 25.8 Å². The van der Waals surface area contributed by atoms with Crippen molar-refractivity contribution in [3.05, 3.63) is 64.1 Å². The first kappa shape index (κ1) is 16.1. The van der Waals surface area contributed by atoms with Gasteiger partial charge in [0.05, 0.1) is 0 Å². The van der Waals surface area contributed by atoms with Crippen molar-refractivity contribution in [1.29, 1.82) is 0 Å². The van der Waals surface area contributed by atoms with Crippen LogP contribution in [0, 0.1) is 5.82 Å². The maximum atomic E-state index is 13.5. The summed E-state index contributed by atoms with van der Waals surface area (Å²) < 4.78 is 14.4. The topological polar surface area (TPSA) is 42.2 Å². The Morgan fingerprint density at radius 1 is 1.29 bits per heavy atom. The lowest BCUT2D eigenvalue weighted by molar-refractivity contribution is 0.252. The van der Waals surface area contributed by atoms with Crippen LogP contribution in [-0.4, -0.2) is 30.0 Å². The monoisotopic (exact) mass is 351 g/mol. The van der Waals surface area contributed by atoms with Gasteiger partial charge in [-0.3, -0.25) is 9.88 Å². The quantitative estimate of drug-likeness (QED) is 0.869. The molecule has 1 heterocycles. The predicted molar refractivity (Wildman–Crippen MR) is 86.5 cm³/mol. The van der Waals surface area contributed by atoms with Crippen LogP contribution in [0.15, 0.2) is 47.2 Å². The molecule has 0 bridgehead atoms. The lowest BCUT2D eigenvalue weighted by Crippen LogP contribution is -2.32. The minimum absolute atomic E-state index is 0.0167. The lowest BCUT2D eigenvalue weighted by Gasteiger charge is -2.28.